The number of carbonyl (C=O) groups is 1. The number of amides is 1. The van der Waals surface area contributed by atoms with Crippen LogP contribution in [0.25, 0.3) is 0 Å². The van der Waals surface area contributed by atoms with Crippen LogP contribution in [0, 0.1) is 0 Å². The molecule has 6 nitrogen and oxygen atoms in total. The molecule has 1 unspecified atom stereocenters. The van der Waals surface area contributed by atoms with E-state index in [9.17, 15) is 13.2 Å². The lowest BCUT2D eigenvalue weighted by molar-refractivity contribution is 0.0787. The summed E-state index contributed by atoms with van der Waals surface area (Å²) >= 11 is 0. The number of rotatable bonds is 3. The number of sulfonamides is 1. The zero-order chi connectivity index (χ0) is 17.6. The van der Waals surface area contributed by atoms with E-state index in [1.165, 1.54) is 16.6 Å². The molecule has 0 bridgehead atoms. The fourth-order valence-electron chi connectivity index (χ4n) is 3.67. The summed E-state index contributed by atoms with van der Waals surface area (Å²) in [4.78, 5) is 17.2. The second kappa shape index (κ2) is 5.91. The molecule has 1 N–H and O–H groups in total. The largest absolute Gasteiger partial charge is 0.356 e. The van der Waals surface area contributed by atoms with Crippen molar-refractivity contribution in [1.29, 1.82) is 0 Å². The highest BCUT2D eigenvalue weighted by atomic mass is 32.2. The van der Waals surface area contributed by atoms with Crippen LogP contribution in [-0.4, -0.2) is 43.8 Å². The summed E-state index contributed by atoms with van der Waals surface area (Å²) in [5.74, 6) is 0.0183. The Hall–Kier alpha value is -2.28. The van der Waals surface area contributed by atoms with Gasteiger partial charge in [-0.3, -0.25) is 9.10 Å². The molecule has 2 aromatic rings. The first kappa shape index (κ1) is 16.2. The third-order valence-electron chi connectivity index (χ3n) is 5.04. The lowest BCUT2D eigenvalue weighted by Gasteiger charge is -2.18. The van der Waals surface area contributed by atoms with Crippen molar-refractivity contribution in [2.24, 2.45) is 0 Å². The first-order chi connectivity index (χ1) is 12.0. The highest BCUT2D eigenvalue weighted by Crippen LogP contribution is 2.39. The fourth-order valence-corrected chi connectivity index (χ4v) is 5.24. The molecule has 1 saturated heterocycles. The maximum atomic E-state index is 13.1. The van der Waals surface area contributed by atoms with Gasteiger partial charge in [0.1, 0.15) is 10.6 Å². The Morgan fingerprint density at radius 1 is 1.20 bits per heavy atom. The van der Waals surface area contributed by atoms with Crippen molar-refractivity contribution < 1.29 is 13.2 Å². The van der Waals surface area contributed by atoms with Gasteiger partial charge in [-0.1, -0.05) is 25.1 Å². The number of carbonyl (C=O) groups excluding carboxylic acids is 1. The molecule has 1 atom stereocenters. The number of nitrogens with one attached hydrogen (secondary N) is 1. The molecule has 2 aliphatic heterocycles. The molecule has 25 heavy (non-hydrogen) atoms. The van der Waals surface area contributed by atoms with Gasteiger partial charge in [-0.2, -0.15) is 0 Å². The number of nitrogens with zero attached hydrogens (tertiary/aromatic N) is 2. The van der Waals surface area contributed by atoms with Gasteiger partial charge in [0.05, 0.1) is 5.69 Å². The summed E-state index contributed by atoms with van der Waals surface area (Å²) in [7, 11) is -3.69. The molecule has 0 spiro atoms. The summed E-state index contributed by atoms with van der Waals surface area (Å²) in [5.41, 5.74) is 2.10. The molecule has 1 aromatic carbocycles. The normalized spacial score (nSPS) is 20.1. The Kier molecular flexibility index (Phi) is 3.83. The van der Waals surface area contributed by atoms with E-state index in [0.717, 1.165) is 37.2 Å². The van der Waals surface area contributed by atoms with Gasteiger partial charge in [-0.25, -0.2) is 8.42 Å². The average molecular weight is 359 g/mol. The molecular weight excluding hydrogens is 338 g/mol. The molecule has 0 radical (unpaired) electrons. The molecular formula is C18H21N3O3S. The number of anilines is 1. The number of aromatic nitrogens is 1. The lowest BCUT2D eigenvalue weighted by Crippen LogP contribution is -2.29. The first-order valence-electron chi connectivity index (χ1n) is 8.58. The van der Waals surface area contributed by atoms with E-state index in [1.54, 1.807) is 4.90 Å². The zero-order valence-electron chi connectivity index (χ0n) is 14.1. The molecule has 7 heteroatoms. The molecule has 3 heterocycles. The topological polar surface area (TPSA) is 73.5 Å². The van der Waals surface area contributed by atoms with Crippen LogP contribution in [0.4, 0.5) is 5.69 Å². The highest BCUT2D eigenvalue weighted by Gasteiger charge is 2.35. The van der Waals surface area contributed by atoms with Crippen molar-refractivity contribution in [2.75, 3.05) is 23.9 Å². The number of fused-ring (bicyclic) bond motifs is 1. The van der Waals surface area contributed by atoms with Gasteiger partial charge in [0, 0.05) is 31.7 Å². The molecule has 132 valence electrons. The van der Waals surface area contributed by atoms with E-state index in [4.69, 9.17) is 0 Å². The van der Waals surface area contributed by atoms with Crippen molar-refractivity contribution in [2.45, 2.75) is 30.6 Å². The van der Waals surface area contributed by atoms with Crippen LogP contribution in [0.1, 0.15) is 41.7 Å². The molecule has 1 amide bonds. The summed E-state index contributed by atoms with van der Waals surface area (Å²) < 4.78 is 27.6. The predicted octanol–water partition coefficient (Wildman–Crippen LogP) is 2.56. The smallest absolute Gasteiger partial charge is 0.270 e. The third-order valence-corrected chi connectivity index (χ3v) is 6.80. The summed E-state index contributed by atoms with van der Waals surface area (Å²) in [6, 6.07) is 9.03. The first-order valence-corrected chi connectivity index (χ1v) is 10.0. The molecule has 0 aliphatic carbocycles. The van der Waals surface area contributed by atoms with Gasteiger partial charge in [-0.05, 0) is 30.5 Å². The maximum Gasteiger partial charge on any atom is 0.270 e. The summed E-state index contributed by atoms with van der Waals surface area (Å²) in [5, 5.41) is 0. The maximum absolute atomic E-state index is 13.1. The Morgan fingerprint density at radius 2 is 1.92 bits per heavy atom. The van der Waals surface area contributed by atoms with Crippen LogP contribution < -0.4 is 4.31 Å². The highest BCUT2D eigenvalue weighted by molar-refractivity contribution is 7.92. The van der Waals surface area contributed by atoms with E-state index >= 15 is 0 Å². The quantitative estimate of drug-likeness (QED) is 0.915. The minimum absolute atomic E-state index is 0.130. The minimum atomic E-state index is -3.69. The van der Waals surface area contributed by atoms with E-state index in [1.807, 2.05) is 31.2 Å². The Labute approximate surface area is 147 Å². The Bertz CT molecular complexity index is 913. The van der Waals surface area contributed by atoms with E-state index in [-0.39, 0.29) is 16.7 Å². The number of aromatic amines is 1. The Morgan fingerprint density at radius 3 is 2.68 bits per heavy atom. The van der Waals surface area contributed by atoms with Crippen molar-refractivity contribution in [1.82, 2.24) is 9.88 Å². The fraction of sp³-hybridized carbons (Fsp3) is 0.389. The lowest BCUT2D eigenvalue weighted by atomic mass is 10.0. The second-order valence-corrected chi connectivity index (χ2v) is 8.61. The molecule has 1 aromatic heterocycles. The van der Waals surface area contributed by atoms with Crippen LogP contribution in [0.15, 0.2) is 41.4 Å². The zero-order valence-corrected chi connectivity index (χ0v) is 14.9. The number of para-hydroxylation sites is 1. The van der Waals surface area contributed by atoms with Crippen LogP contribution in [0.3, 0.4) is 0 Å². The van der Waals surface area contributed by atoms with Gasteiger partial charge in [-0.15, -0.1) is 0 Å². The molecule has 4 rings (SSSR count). The molecule has 0 saturated carbocycles. The molecule has 1 fully saturated rings. The summed E-state index contributed by atoms with van der Waals surface area (Å²) in [6.07, 6.45) is 3.42. The monoisotopic (exact) mass is 359 g/mol. The number of benzene rings is 1. The van der Waals surface area contributed by atoms with Crippen molar-refractivity contribution in [3.63, 3.8) is 0 Å². The van der Waals surface area contributed by atoms with E-state index in [2.05, 4.69) is 4.98 Å². The van der Waals surface area contributed by atoms with Crippen molar-refractivity contribution >= 4 is 21.6 Å². The van der Waals surface area contributed by atoms with E-state index in [0.29, 0.717) is 12.2 Å². The SMILES string of the molecule is CC1CN(S(=O)(=O)c2c[nH]c(C(=O)N3CCCC3)c2)c2ccccc21. The Balaban J connectivity index is 1.65. The predicted molar refractivity (Wildman–Crippen MR) is 95.3 cm³/mol. The molecule has 2 aliphatic rings. The van der Waals surface area contributed by atoms with Crippen LogP contribution in [0.2, 0.25) is 0 Å². The minimum Gasteiger partial charge on any atom is -0.356 e. The number of likely N-dealkylation sites (tertiary alicyclic amines) is 1. The van der Waals surface area contributed by atoms with Gasteiger partial charge < -0.3 is 9.88 Å². The van der Waals surface area contributed by atoms with Crippen LogP contribution in [-0.2, 0) is 10.0 Å². The van der Waals surface area contributed by atoms with Gasteiger partial charge in [0.2, 0.25) is 0 Å². The van der Waals surface area contributed by atoms with Gasteiger partial charge in [0.15, 0.2) is 0 Å². The van der Waals surface area contributed by atoms with Crippen LogP contribution in [0.5, 0.6) is 0 Å². The van der Waals surface area contributed by atoms with Crippen LogP contribution >= 0.6 is 0 Å². The second-order valence-electron chi connectivity index (χ2n) is 6.74. The van der Waals surface area contributed by atoms with Crippen molar-refractivity contribution in [3.05, 3.63) is 47.8 Å². The number of hydrogen-bond donors (Lipinski definition) is 1. The van der Waals surface area contributed by atoms with Crippen molar-refractivity contribution in [3.8, 4) is 0 Å². The number of H-pyrrole nitrogens is 1. The summed E-state index contributed by atoms with van der Waals surface area (Å²) in [6.45, 7) is 3.91. The number of hydrogen-bond acceptors (Lipinski definition) is 3. The standard InChI is InChI=1S/C18H21N3O3S/c1-13-12-21(17-7-3-2-6-15(13)17)25(23,24)14-10-16(19-11-14)18(22)20-8-4-5-9-20/h2-3,6-7,10-11,13,19H,4-5,8-9,12H2,1H3. The third kappa shape index (κ3) is 2.63. The van der Waals surface area contributed by atoms with E-state index < -0.39 is 10.0 Å². The van der Waals surface area contributed by atoms with Gasteiger partial charge >= 0.3 is 0 Å². The van der Waals surface area contributed by atoms with Gasteiger partial charge in [0.25, 0.3) is 15.9 Å². The average Bonchev–Trinajstić information content (AvgIpc) is 3.35.